The van der Waals surface area contributed by atoms with E-state index >= 15 is 0 Å². The van der Waals surface area contributed by atoms with Gasteiger partial charge in [-0.25, -0.2) is 13.1 Å². The van der Waals surface area contributed by atoms with Gasteiger partial charge in [0.05, 0.1) is 17.0 Å². The molecular weight excluding hydrogens is 298 g/mol. The van der Waals surface area contributed by atoms with Crippen molar-refractivity contribution in [3.63, 3.8) is 0 Å². The van der Waals surface area contributed by atoms with Crippen LogP contribution in [0.25, 0.3) is 0 Å². The average molecular weight is 313 g/mol. The van der Waals surface area contributed by atoms with E-state index in [-0.39, 0.29) is 18.9 Å². The van der Waals surface area contributed by atoms with Gasteiger partial charge in [-0.15, -0.1) is 11.3 Å². The maximum absolute atomic E-state index is 11.8. The van der Waals surface area contributed by atoms with Gasteiger partial charge >= 0.3 is 0 Å². The lowest BCUT2D eigenvalue weighted by Crippen LogP contribution is -2.28. The van der Waals surface area contributed by atoms with Crippen LogP contribution >= 0.6 is 11.3 Å². The molecule has 1 aromatic carbocycles. The maximum Gasteiger partial charge on any atom is 0.215 e. The first-order chi connectivity index (χ1) is 9.57. The zero-order valence-corrected chi connectivity index (χ0v) is 12.3. The molecule has 0 saturated heterocycles. The Balaban J connectivity index is 1.79. The molecule has 1 aromatic heterocycles. The van der Waals surface area contributed by atoms with Crippen LogP contribution in [0.15, 0.2) is 36.0 Å². The van der Waals surface area contributed by atoms with Crippen LogP contribution in [0.5, 0.6) is 5.75 Å². The third kappa shape index (κ3) is 4.48. The maximum atomic E-state index is 11.8. The van der Waals surface area contributed by atoms with Crippen LogP contribution in [0.4, 0.5) is 5.69 Å². The number of anilines is 1. The van der Waals surface area contributed by atoms with E-state index in [9.17, 15) is 8.42 Å². The molecule has 20 heavy (non-hydrogen) atoms. The first-order valence-electron chi connectivity index (χ1n) is 5.89. The molecule has 6 nitrogen and oxygen atoms in total. The Morgan fingerprint density at radius 1 is 1.35 bits per heavy atom. The number of ether oxygens (including phenoxy) is 1. The summed E-state index contributed by atoms with van der Waals surface area (Å²) in [4.78, 5) is 4.74. The van der Waals surface area contributed by atoms with Crippen molar-refractivity contribution in [1.82, 2.24) is 9.71 Å². The number of nitrogen functional groups attached to an aromatic ring is 1. The van der Waals surface area contributed by atoms with Crippen LogP contribution in [0, 0.1) is 0 Å². The summed E-state index contributed by atoms with van der Waals surface area (Å²) in [6, 6.07) is 6.97. The predicted octanol–water partition coefficient (Wildman–Crippen LogP) is 1.22. The Labute approximate surface area is 121 Å². The van der Waals surface area contributed by atoms with Gasteiger partial charge in [0.2, 0.25) is 10.0 Å². The minimum atomic E-state index is -3.38. The molecule has 0 atom stereocenters. The number of hydrogen-bond acceptors (Lipinski definition) is 6. The van der Waals surface area contributed by atoms with E-state index in [2.05, 4.69) is 9.71 Å². The number of para-hydroxylation sites is 2. The van der Waals surface area contributed by atoms with Crippen molar-refractivity contribution in [2.45, 2.75) is 6.54 Å². The van der Waals surface area contributed by atoms with Gasteiger partial charge in [0.15, 0.2) is 0 Å². The van der Waals surface area contributed by atoms with Gasteiger partial charge in [0.25, 0.3) is 0 Å². The molecule has 0 fully saturated rings. The molecule has 0 aliphatic heterocycles. The summed E-state index contributed by atoms with van der Waals surface area (Å²) in [5, 5.41) is 0. The summed E-state index contributed by atoms with van der Waals surface area (Å²) < 4.78 is 31.4. The minimum absolute atomic E-state index is 0.0479. The van der Waals surface area contributed by atoms with Crippen molar-refractivity contribution in [3.8, 4) is 5.75 Å². The van der Waals surface area contributed by atoms with Gasteiger partial charge < -0.3 is 10.5 Å². The molecule has 0 amide bonds. The van der Waals surface area contributed by atoms with Crippen LogP contribution in [-0.2, 0) is 16.6 Å². The molecule has 108 valence electrons. The Hall–Kier alpha value is -1.64. The van der Waals surface area contributed by atoms with E-state index in [0.29, 0.717) is 11.4 Å². The quantitative estimate of drug-likeness (QED) is 0.750. The molecule has 2 aromatic rings. The van der Waals surface area contributed by atoms with Gasteiger partial charge in [-0.1, -0.05) is 12.1 Å². The number of sulfonamides is 1. The fraction of sp³-hybridized carbons (Fsp3) is 0.250. The van der Waals surface area contributed by atoms with E-state index in [1.165, 1.54) is 11.3 Å². The molecular formula is C12H15N3O3S2. The van der Waals surface area contributed by atoms with Crippen molar-refractivity contribution >= 4 is 27.0 Å². The standard InChI is InChI=1S/C12H15N3O3S2/c13-11-3-1-2-4-12(11)18-5-6-20(16,17)15-8-10-7-14-9-19-10/h1-4,7,9,15H,5-6,8,13H2. The largest absolute Gasteiger partial charge is 0.490 e. The van der Waals surface area contributed by atoms with Crippen LogP contribution in [-0.4, -0.2) is 25.8 Å². The average Bonchev–Trinajstić information content (AvgIpc) is 2.92. The van der Waals surface area contributed by atoms with Gasteiger partial charge in [0, 0.05) is 17.6 Å². The smallest absolute Gasteiger partial charge is 0.215 e. The summed E-state index contributed by atoms with van der Waals surface area (Å²) in [5.74, 6) is 0.366. The molecule has 3 N–H and O–H groups in total. The molecule has 0 bridgehead atoms. The van der Waals surface area contributed by atoms with Gasteiger partial charge in [-0.2, -0.15) is 0 Å². The molecule has 0 unspecified atom stereocenters. The highest BCUT2D eigenvalue weighted by Gasteiger charge is 2.11. The highest BCUT2D eigenvalue weighted by molar-refractivity contribution is 7.89. The monoisotopic (exact) mass is 313 g/mol. The molecule has 2 rings (SSSR count). The van der Waals surface area contributed by atoms with Crippen molar-refractivity contribution < 1.29 is 13.2 Å². The third-order valence-electron chi connectivity index (χ3n) is 2.48. The number of nitrogens with one attached hydrogen (secondary N) is 1. The van der Waals surface area contributed by atoms with E-state index in [4.69, 9.17) is 10.5 Å². The number of thiazole rings is 1. The summed E-state index contributed by atoms with van der Waals surface area (Å²) >= 11 is 1.40. The van der Waals surface area contributed by atoms with E-state index in [1.54, 1.807) is 36.0 Å². The van der Waals surface area contributed by atoms with Gasteiger partial charge in [-0.05, 0) is 12.1 Å². The fourth-order valence-electron chi connectivity index (χ4n) is 1.46. The topological polar surface area (TPSA) is 94.3 Å². The number of benzene rings is 1. The zero-order chi connectivity index (χ0) is 14.4. The first-order valence-corrected chi connectivity index (χ1v) is 8.42. The van der Waals surface area contributed by atoms with Crippen molar-refractivity contribution in [3.05, 3.63) is 40.8 Å². The summed E-state index contributed by atoms with van der Waals surface area (Å²) in [6.07, 6.45) is 1.63. The molecule has 8 heteroatoms. The minimum Gasteiger partial charge on any atom is -0.490 e. The highest BCUT2D eigenvalue weighted by atomic mass is 32.2. The fourth-order valence-corrected chi connectivity index (χ4v) is 2.90. The van der Waals surface area contributed by atoms with Crippen molar-refractivity contribution in [2.24, 2.45) is 0 Å². The van der Waals surface area contributed by atoms with Crippen LogP contribution in [0.1, 0.15) is 4.88 Å². The number of hydrogen-bond donors (Lipinski definition) is 2. The second-order valence-corrected chi connectivity index (χ2v) is 6.89. The second-order valence-electron chi connectivity index (χ2n) is 3.99. The van der Waals surface area contributed by atoms with Gasteiger partial charge in [-0.3, -0.25) is 4.98 Å². The van der Waals surface area contributed by atoms with E-state index in [1.807, 2.05) is 0 Å². The highest BCUT2D eigenvalue weighted by Crippen LogP contribution is 2.19. The Morgan fingerprint density at radius 3 is 2.85 bits per heavy atom. The Bertz CT molecular complexity index is 642. The normalized spacial score (nSPS) is 11.4. The SMILES string of the molecule is Nc1ccccc1OCCS(=O)(=O)NCc1cncs1. The molecule has 0 aliphatic rings. The van der Waals surface area contributed by atoms with Crippen molar-refractivity contribution in [1.29, 1.82) is 0 Å². The molecule has 1 heterocycles. The molecule has 0 spiro atoms. The number of nitrogens with two attached hydrogens (primary N) is 1. The lowest BCUT2D eigenvalue weighted by Gasteiger charge is -2.09. The third-order valence-corrected chi connectivity index (χ3v) is 4.55. The summed E-state index contributed by atoms with van der Waals surface area (Å²) in [6.45, 7) is 0.298. The number of aromatic nitrogens is 1. The lowest BCUT2D eigenvalue weighted by molar-refractivity contribution is 0.342. The van der Waals surface area contributed by atoms with Crippen LogP contribution in [0.3, 0.4) is 0 Å². The van der Waals surface area contributed by atoms with Crippen LogP contribution < -0.4 is 15.2 Å². The summed E-state index contributed by atoms with van der Waals surface area (Å²) in [7, 11) is -3.38. The number of rotatable bonds is 7. The zero-order valence-electron chi connectivity index (χ0n) is 10.7. The molecule has 0 radical (unpaired) electrons. The lowest BCUT2D eigenvalue weighted by atomic mass is 10.3. The Kier molecular flexibility index (Phi) is 4.94. The molecule has 0 aliphatic carbocycles. The Morgan fingerprint density at radius 2 is 2.15 bits per heavy atom. The van der Waals surface area contributed by atoms with E-state index < -0.39 is 10.0 Å². The first kappa shape index (κ1) is 14.8. The van der Waals surface area contributed by atoms with E-state index in [0.717, 1.165) is 4.88 Å². The summed E-state index contributed by atoms with van der Waals surface area (Å²) in [5.41, 5.74) is 7.84. The second kappa shape index (κ2) is 6.69. The molecule has 0 saturated carbocycles. The van der Waals surface area contributed by atoms with Crippen LogP contribution in [0.2, 0.25) is 0 Å². The van der Waals surface area contributed by atoms with Gasteiger partial charge in [0.1, 0.15) is 12.4 Å². The predicted molar refractivity (Wildman–Crippen MR) is 79.1 cm³/mol. The number of nitrogens with zero attached hydrogens (tertiary/aromatic N) is 1. The van der Waals surface area contributed by atoms with Crippen molar-refractivity contribution in [2.75, 3.05) is 18.1 Å².